The van der Waals surface area contributed by atoms with Crippen LogP contribution >= 0.6 is 0 Å². The first-order valence-electron chi connectivity index (χ1n) is 8.93. The molecule has 0 amide bonds. The normalized spacial score (nSPS) is 12.3. The highest BCUT2D eigenvalue weighted by molar-refractivity contribution is 5.96. The number of hydrogen-bond acceptors (Lipinski definition) is 5. The van der Waals surface area contributed by atoms with E-state index in [9.17, 15) is 27.2 Å². The van der Waals surface area contributed by atoms with E-state index in [2.05, 4.69) is 14.7 Å². The minimum absolute atomic E-state index is 0.176. The Hall–Kier alpha value is -3.69. The molecular formula is C21H16F4N2O4. The van der Waals surface area contributed by atoms with Crippen LogP contribution in [0, 0.1) is 5.82 Å². The van der Waals surface area contributed by atoms with Gasteiger partial charge >= 0.3 is 6.36 Å². The lowest BCUT2D eigenvalue weighted by Gasteiger charge is -2.18. The second kappa shape index (κ2) is 8.99. The van der Waals surface area contributed by atoms with E-state index in [1.54, 1.807) is 12.1 Å². The van der Waals surface area contributed by atoms with Crippen molar-refractivity contribution in [2.24, 2.45) is 0 Å². The number of carbonyl (C=O) groups is 1. The minimum atomic E-state index is -5.04. The molecule has 3 aromatic rings. The van der Waals surface area contributed by atoms with Crippen molar-refractivity contribution in [2.75, 3.05) is 7.11 Å². The number of benzene rings is 1. The summed E-state index contributed by atoms with van der Waals surface area (Å²) >= 11 is 0. The third kappa shape index (κ3) is 5.68. The summed E-state index contributed by atoms with van der Waals surface area (Å²) in [5, 5.41) is 0. The Morgan fingerprint density at radius 2 is 1.94 bits per heavy atom. The molecule has 0 radical (unpaired) electrons. The van der Waals surface area contributed by atoms with E-state index < -0.39 is 23.8 Å². The van der Waals surface area contributed by atoms with Gasteiger partial charge in [0, 0.05) is 35.9 Å². The summed E-state index contributed by atoms with van der Waals surface area (Å²) in [7, 11) is 1.45. The third-order valence-corrected chi connectivity index (χ3v) is 4.43. The number of pyridine rings is 2. The molecule has 1 unspecified atom stereocenters. The fourth-order valence-electron chi connectivity index (χ4n) is 2.94. The molecule has 0 saturated carbocycles. The van der Waals surface area contributed by atoms with Gasteiger partial charge in [-0.2, -0.15) is 0 Å². The Morgan fingerprint density at radius 1 is 1.16 bits per heavy atom. The lowest BCUT2D eigenvalue weighted by Crippen LogP contribution is -2.18. The summed E-state index contributed by atoms with van der Waals surface area (Å²) in [6, 6.07) is 8.66. The summed E-state index contributed by atoms with van der Waals surface area (Å²) in [5.74, 6) is -2.92. The number of methoxy groups -OCH3 is 1. The van der Waals surface area contributed by atoms with Crippen molar-refractivity contribution in [1.82, 2.24) is 9.97 Å². The molecule has 0 spiro atoms. The first kappa shape index (κ1) is 22.0. The van der Waals surface area contributed by atoms with Crippen molar-refractivity contribution in [3.05, 3.63) is 87.9 Å². The number of nitrogens with one attached hydrogen (secondary N) is 1. The number of hydrogen-bond donors (Lipinski definition) is 1. The molecule has 1 N–H and O–H groups in total. The predicted molar refractivity (Wildman–Crippen MR) is 102 cm³/mol. The summed E-state index contributed by atoms with van der Waals surface area (Å²) < 4.78 is 60.3. The number of aromatic nitrogens is 2. The van der Waals surface area contributed by atoms with Gasteiger partial charge in [-0.25, -0.2) is 4.39 Å². The average Bonchev–Trinajstić information content (AvgIpc) is 2.73. The molecule has 162 valence electrons. The largest absolute Gasteiger partial charge is 0.573 e. The van der Waals surface area contributed by atoms with Crippen LogP contribution in [-0.4, -0.2) is 29.2 Å². The number of rotatable bonds is 7. The Kier molecular flexibility index (Phi) is 6.38. The monoisotopic (exact) mass is 436 g/mol. The van der Waals surface area contributed by atoms with Crippen molar-refractivity contribution < 1.29 is 31.8 Å². The predicted octanol–water partition coefficient (Wildman–Crippen LogP) is 4.22. The molecule has 10 heteroatoms. The molecule has 1 aromatic carbocycles. The Morgan fingerprint density at radius 3 is 2.48 bits per heavy atom. The van der Waals surface area contributed by atoms with Gasteiger partial charge in [-0.05, 0) is 35.9 Å². The van der Waals surface area contributed by atoms with Gasteiger partial charge in [-0.3, -0.25) is 14.6 Å². The van der Waals surface area contributed by atoms with Crippen LogP contribution in [0.5, 0.6) is 11.5 Å². The van der Waals surface area contributed by atoms with Gasteiger partial charge in [0.1, 0.15) is 5.75 Å². The molecule has 0 aliphatic carbocycles. The standard InChI is InChI=1S/C21H16F4N2O4/c1-30-14-4-5-17(26-11-14)15(9-18(28)13-3-7-20(29)27-10-13)12-2-6-19(16(22)8-12)31-21(23,24)25/h2-8,10-11,15H,9H2,1H3,(H,27,29). The SMILES string of the molecule is COc1ccc(C(CC(=O)c2ccc(=O)[nH]c2)c2ccc(OC(F)(F)F)c(F)c2)nc1. The number of ether oxygens (including phenoxy) is 2. The van der Waals surface area contributed by atoms with Crippen molar-refractivity contribution in [3.63, 3.8) is 0 Å². The first-order valence-corrected chi connectivity index (χ1v) is 8.93. The van der Waals surface area contributed by atoms with Crippen LogP contribution in [0.3, 0.4) is 0 Å². The molecule has 0 aliphatic rings. The molecule has 0 aliphatic heterocycles. The van der Waals surface area contributed by atoms with Crippen LogP contribution in [0.2, 0.25) is 0 Å². The highest BCUT2D eigenvalue weighted by Gasteiger charge is 2.32. The lowest BCUT2D eigenvalue weighted by atomic mass is 9.88. The maximum atomic E-state index is 14.3. The molecule has 6 nitrogen and oxygen atoms in total. The number of halogens is 4. The first-order chi connectivity index (χ1) is 14.7. The Balaban J connectivity index is 1.97. The van der Waals surface area contributed by atoms with Crippen LogP contribution in [0.25, 0.3) is 0 Å². The quantitative estimate of drug-likeness (QED) is 0.443. The number of Topliss-reactive ketones (excluding diaryl/α,β-unsaturated/α-hetero) is 1. The van der Waals surface area contributed by atoms with E-state index in [1.165, 1.54) is 37.7 Å². The van der Waals surface area contributed by atoms with Crippen LogP contribution < -0.4 is 15.0 Å². The molecule has 3 rings (SSSR count). The van der Waals surface area contributed by atoms with Gasteiger partial charge in [-0.1, -0.05) is 6.07 Å². The zero-order valence-electron chi connectivity index (χ0n) is 16.1. The van der Waals surface area contributed by atoms with Crippen molar-refractivity contribution in [2.45, 2.75) is 18.7 Å². The summed E-state index contributed by atoms with van der Waals surface area (Å²) in [4.78, 5) is 30.6. The van der Waals surface area contributed by atoms with Crippen molar-refractivity contribution in [1.29, 1.82) is 0 Å². The van der Waals surface area contributed by atoms with Gasteiger partial charge in [0.25, 0.3) is 0 Å². The summed E-state index contributed by atoms with van der Waals surface area (Å²) in [6.07, 6.45) is -2.56. The van der Waals surface area contributed by atoms with Gasteiger partial charge in [0.05, 0.1) is 13.3 Å². The zero-order valence-corrected chi connectivity index (χ0v) is 16.1. The minimum Gasteiger partial charge on any atom is -0.495 e. The third-order valence-electron chi connectivity index (χ3n) is 4.43. The fraction of sp³-hybridized carbons (Fsp3) is 0.190. The average molecular weight is 436 g/mol. The van der Waals surface area contributed by atoms with Gasteiger partial charge in [-0.15, -0.1) is 13.2 Å². The highest BCUT2D eigenvalue weighted by atomic mass is 19.4. The summed E-state index contributed by atoms with van der Waals surface area (Å²) in [6.45, 7) is 0. The van der Waals surface area contributed by atoms with E-state index in [0.29, 0.717) is 11.4 Å². The maximum absolute atomic E-state index is 14.3. The number of ketones is 1. The molecule has 0 saturated heterocycles. The highest BCUT2D eigenvalue weighted by Crippen LogP contribution is 2.33. The number of alkyl halides is 3. The molecule has 0 fully saturated rings. The van der Waals surface area contributed by atoms with Gasteiger partial charge in [0.15, 0.2) is 17.3 Å². The van der Waals surface area contributed by atoms with Gasteiger partial charge in [0.2, 0.25) is 5.56 Å². The number of aromatic amines is 1. The Labute approximate surface area is 173 Å². The van der Waals surface area contributed by atoms with E-state index in [4.69, 9.17) is 4.74 Å². The van der Waals surface area contributed by atoms with E-state index in [0.717, 1.165) is 12.1 Å². The topological polar surface area (TPSA) is 81.3 Å². The molecule has 1 atom stereocenters. The number of carbonyl (C=O) groups excluding carboxylic acids is 1. The van der Waals surface area contributed by atoms with Crippen LogP contribution in [0.1, 0.15) is 34.0 Å². The molecule has 2 heterocycles. The van der Waals surface area contributed by atoms with Crippen LogP contribution in [0.4, 0.5) is 17.6 Å². The van der Waals surface area contributed by atoms with E-state index in [1.807, 2.05) is 0 Å². The zero-order chi connectivity index (χ0) is 22.6. The maximum Gasteiger partial charge on any atom is 0.573 e. The van der Waals surface area contributed by atoms with Gasteiger partial charge < -0.3 is 14.5 Å². The van der Waals surface area contributed by atoms with Crippen molar-refractivity contribution >= 4 is 5.78 Å². The molecule has 31 heavy (non-hydrogen) atoms. The number of H-pyrrole nitrogens is 1. The lowest BCUT2D eigenvalue weighted by molar-refractivity contribution is -0.275. The number of nitrogens with zero attached hydrogens (tertiary/aromatic N) is 1. The van der Waals surface area contributed by atoms with E-state index in [-0.39, 0.29) is 28.9 Å². The molecule has 0 bridgehead atoms. The summed E-state index contributed by atoms with van der Waals surface area (Å²) in [5.41, 5.74) is 0.438. The second-order valence-electron chi connectivity index (χ2n) is 6.48. The smallest absolute Gasteiger partial charge is 0.495 e. The molecule has 2 aromatic heterocycles. The second-order valence-corrected chi connectivity index (χ2v) is 6.48. The fourth-order valence-corrected chi connectivity index (χ4v) is 2.94. The van der Waals surface area contributed by atoms with Crippen molar-refractivity contribution in [3.8, 4) is 11.5 Å². The Bertz CT molecular complexity index is 1110. The van der Waals surface area contributed by atoms with Crippen LogP contribution in [-0.2, 0) is 0 Å². The van der Waals surface area contributed by atoms with E-state index >= 15 is 0 Å². The van der Waals surface area contributed by atoms with Crippen LogP contribution in [0.15, 0.2) is 59.7 Å². The molecular weight excluding hydrogens is 420 g/mol.